The van der Waals surface area contributed by atoms with Crippen molar-refractivity contribution in [1.29, 1.82) is 0 Å². The minimum atomic E-state index is 0.111. The van der Waals surface area contributed by atoms with Crippen LogP contribution in [0.25, 0.3) is 0 Å². The van der Waals surface area contributed by atoms with Crippen molar-refractivity contribution < 1.29 is 9.84 Å². The summed E-state index contributed by atoms with van der Waals surface area (Å²) in [5.74, 6) is 0.722. The Morgan fingerprint density at radius 2 is 2.17 bits per heavy atom. The van der Waals surface area contributed by atoms with E-state index in [1.165, 1.54) is 0 Å². The number of halogens is 1. The molecule has 0 saturated heterocycles. The maximum Gasteiger partial charge on any atom is 0.138 e. The van der Waals surface area contributed by atoms with Gasteiger partial charge in [0.1, 0.15) is 5.75 Å². The summed E-state index contributed by atoms with van der Waals surface area (Å²) in [5.41, 5.74) is 1.17. The summed E-state index contributed by atoms with van der Waals surface area (Å²) in [6, 6.07) is 5.82. The van der Waals surface area contributed by atoms with E-state index in [-0.39, 0.29) is 12.0 Å². The minimum Gasteiger partial charge on any atom is -0.492 e. The van der Waals surface area contributed by atoms with Crippen LogP contribution < -0.4 is 9.64 Å². The van der Waals surface area contributed by atoms with Crippen LogP contribution in [0.5, 0.6) is 5.75 Å². The van der Waals surface area contributed by atoms with Gasteiger partial charge in [0.15, 0.2) is 0 Å². The lowest BCUT2D eigenvalue weighted by atomic mass is 10.1. The summed E-state index contributed by atoms with van der Waals surface area (Å²) >= 11 is 6.17. The summed E-state index contributed by atoms with van der Waals surface area (Å²) < 4.78 is 5.42. The smallest absolute Gasteiger partial charge is 0.138 e. The SMILES string of the molecule is CCOc1ccc(N(C)CC2(CO)CC2)cc1Cl. The van der Waals surface area contributed by atoms with E-state index in [2.05, 4.69) is 4.90 Å². The highest BCUT2D eigenvalue weighted by Crippen LogP contribution is 2.46. The van der Waals surface area contributed by atoms with Crippen molar-refractivity contribution in [3.05, 3.63) is 23.2 Å². The van der Waals surface area contributed by atoms with Gasteiger partial charge in [0, 0.05) is 24.7 Å². The maximum atomic E-state index is 9.35. The van der Waals surface area contributed by atoms with E-state index < -0.39 is 0 Å². The average Bonchev–Trinajstić information content (AvgIpc) is 3.12. The van der Waals surface area contributed by atoms with Crippen LogP contribution in [0.3, 0.4) is 0 Å². The molecule has 0 bridgehead atoms. The van der Waals surface area contributed by atoms with E-state index in [4.69, 9.17) is 16.3 Å². The molecular weight excluding hydrogens is 250 g/mol. The number of aliphatic hydroxyl groups excluding tert-OH is 1. The normalized spacial score (nSPS) is 16.4. The van der Waals surface area contributed by atoms with Gasteiger partial charge in [-0.15, -0.1) is 0 Å². The van der Waals surface area contributed by atoms with Gasteiger partial charge in [0.2, 0.25) is 0 Å². The van der Waals surface area contributed by atoms with Gasteiger partial charge >= 0.3 is 0 Å². The van der Waals surface area contributed by atoms with E-state index >= 15 is 0 Å². The van der Waals surface area contributed by atoms with E-state index in [1.54, 1.807) is 0 Å². The predicted molar refractivity (Wildman–Crippen MR) is 74.6 cm³/mol. The van der Waals surface area contributed by atoms with Crippen molar-refractivity contribution in [2.45, 2.75) is 19.8 Å². The van der Waals surface area contributed by atoms with Gasteiger partial charge in [-0.2, -0.15) is 0 Å². The number of hydrogen-bond acceptors (Lipinski definition) is 3. The zero-order valence-electron chi connectivity index (χ0n) is 10.9. The van der Waals surface area contributed by atoms with Gasteiger partial charge in [0.25, 0.3) is 0 Å². The lowest BCUT2D eigenvalue weighted by Gasteiger charge is -2.24. The van der Waals surface area contributed by atoms with Crippen LogP contribution in [0.15, 0.2) is 18.2 Å². The van der Waals surface area contributed by atoms with Crippen LogP contribution in [0.4, 0.5) is 5.69 Å². The first kappa shape index (κ1) is 13.5. The summed E-state index contributed by atoms with van der Waals surface area (Å²) in [6.45, 7) is 3.69. The Morgan fingerprint density at radius 1 is 1.44 bits per heavy atom. The van der Waals surface area contributed by atoms with Crippen molar-refractivity contribution in [3.63, 3.8) is 0 Å². The molecule has 1 saturated carbocycles. The number of anilines is 1. The molecule has 100 valence electrons. The minimum absolute atomic E-state index is 0.111. The topological polar surface area (TPSA) is 32.7 Å². The molecule has 4 heteroatoms. The number of nitrogens with zero attached hydrogens (tertiary/aromatic N) is 1. The van der Waals surface area contributed by atoms with Gasteiger partial charge in [0.05, 0.1) is 18.2 Å². The Morgan fingerprint density at radius 3 is 2.67 bits per heavy atom. The molecule has 3 nitrogen and oxygen atoms in total. The van der Waals surface area contributed by atoms with Crippen LogP contribution in [0.1, 0.15) is 19.8 Å². The summed E-state index contributed by atoms with van der Waals surface area (Å²) in [6.07, 6.45) is 2.22. The maximum absolute atomic E-state index is 9.35. The molecule has 1 aromatic rings. The summed E-state index contributed by atoms with van der Waals surface area (Å²) in [4.78, 5) is 2.14. The van der Waals surface area contributed by atoms with Gasteiger partial charge in [-0.25, -0.2) is 0 Å². The fourth-order valence-electron chi connectivity index (χ4n) is 2.14. The van der Waals surface area contributed by atoms with Crippen LogP contribution in [-0.2, 0) is 0 Å². The fourth-order valence-corrected chi connectivity index (χ4v) is 2.37. The molecule has 18 heavy (non-hydrogen) atoms. The van der Waals surface area contributed by atoms with Crippen molar-refractivity contribution in [2.75, 3.05) is 31.7 Å². The lowest BCUT2D eigenvalue weighted by Crippen LogP contribution is -2.28. The summed E-state index contributed by atoms with van der Waals surface area (Å²) in [5, 5.41) is 9.98. The molecule has 0 radical (unpaired) electrons. The largest absolute Gasteiger partial charge is 0.492 e. The molecule has 1 N–H and O–H groups in total. The molecule has 1 aromatic carbocycles. The Bertz CT molecular complexity index is 418. The Balaban J connectivity index is 2.06. The molecule has 0 heterocycles. The highest BCUT2D eigenvalue weighted by molar-refractivity contribution is 6.32. The van der Waals surface area contributed by atoms with Crippen molar-refractivity contribution in [1.82, 2.24) is 0 Å². The Hall–Kier alpha value is -0.930. The average molecular weight is 270 g/mol. The fraction of sp³-hybridized carbons (Fsp3) is 0.571. The summed E-state index contributed by atoms with van der Waals surface area (Å²) in [7, 11) is 2.03. The third kappa shape index (κ3) is 2.90. The number of ether oxygens (including phenoxy) is 1. The molecule has 0 aromatic heterocycles. The molecule has 1 fully saturated rings. The predicted octanol–water partition coefficient (Wildman–Crippen LogP) is 2.95. The number of rotatable bonds is 6. The zero-order valence-corrected chi connectivity index (χ0v) is 11.7. The molecule has 0 aliphatic heterocycles. The second-order valence-electron chi connectivity index (χ2n) is 5.06. The van der Waals surface area contributed by atoms with E-state index in [0.717, 1.165) is 30.8 Å². The number of hydrogen-bond donors (Lipinski definition) is 1. The Labute approximate surface area is 113 Å². The van der Waals surface area contributed by atoms with Crippen LogP contribution in [0.2, 0.25) is 5.02 Å². The molecule has 1 aliphatic rings. The molecule has 0 spiro atoms. The molecule has 1 aliphatic carbocycles. The van der Waals surface area contributed by atoms with Gasteiger partial charge in [-0.1, -0.05) is 11.6 Å². The van der Waals surface area contributed by atoms with Crippen LogP contribution in [0, 0.1) is 5.41 Å². The number of benzene rings is 1. The van der Waals surface area contributed by atoms with Crippen molar-refractivity contribution >= 4 is 17.3 Å². The molecule has 2 rings (SSSR count). The van der Waals surface area contributed by atoms with E-state index in [1.807, 2.05) is 32.2 Å². The van der Waals surface area contributed by atoms with E-state index in [0.29, 0.717) is 11.6 Å². The standard InChI is InChI=1S/C14H20ClNO2/c1-3-18-13-5-4-11(8-12(13)15)16(2)9-14(10-17)6-7-14/h4-5,8,17H,3,6-7,9-10H2,1-2H3. The van der Waals surface area contributed by atoms with Crippen LogP contribution >= 0.6 is 11.6 Å². The highest BCUT2D eigenvalue weighted by Gasteiger charge is 2.42. The zero-order chi connectivity index (χ0) is 13.2. The van der Waals surface area contributed by atoms with Gasteiger partial charge in [-0.3, -0.25) is 0 Å². The Kier molecular flexibility index (Phi) is 4.03. The molecule has 0 unspecified atom stereocenters. The third-order valence-electron chi connectivity index (χ3n) is 3.52. The van der Waals surface area contributed by atoms with Gasteiger partial charge in [-0.05, 0) is 38.0 Å². The quantitative estimate of drug-likeness (QED) is 0.862. The van der Waals surface area contributed by atoms with Gasteiger partial charge < -0.3 is 14.7 Å². The van der Waals surface area contributed by atoms with E-state index in [9.17, 15) is 5.11 Å². The van der Waals surface area contributed by atoms with Crippen molar-refractivity contribution in [2.24, 2.45) is 5.41 Å². The third-order valence-corrected chi connectivity index (χ3v) is 3.82. The molecule has 0 atom stereocenters. The lowest BCUT2D eigenvalue weighted by molar-refractivity contribution is 0.215. The second-order valence-corrected chi connectivity index (χ2v) is 5.47. The first-order valence-electron chi connectivity index (χ1n) is 6.34. The number of aliphatic hydroxyl groups is 1. The van der Waals surface area contributed by atoms with Crippen molar-refractivity contribution in [3.8, 4) is 5.75 Å². The first-order valence-corrected chi connectivity index (χ1v) is 6.72. The molecular formula is C14H20ClNO2. The van der Waals surface area contributed by atoms with Crippen LogP contribution in [-0.4, -0.2) is 31.9 Å². The molecule has 0 amide bonds. The monoisotopic (exact) mass is 269 g/mol. The second kappa shape index (κ2) is 5.37. The first-order chi connectivity index (χ1) is 8.60. The highest BCUT2D eigenvalue weighted by atomic mass is 35.5.